The molecule has 100 valence electrons. The van der Waals surface area contributed by atoms with Crippen LogP contribution in [0.25, 0.3) is 0 Å². The summed E-state index contributed by atoms with van der Waals surface area (Å²) < 4.78 is 0. The van der Waals surface area contributed by atoms with Gasteiger partial charge < -0.3 is 5.32 Å². The number of nitrogens with one attached hydrogen (secondary N) is 1. The van der Waals surface area contributed by atoms with E-state index in [2.05, 4.69) is 56.4 Å². The van der Waals surface area contributed by atoms with Crippen molar-refractivity contribution in [3.05, 3.63) is 35.9 Å². The van der Waals surface area contributed by atoms with Crippen molar-refractivity contribution in [3.63, 3.8) is 0 Å². The topological polar surface area (TPSA) is 12.0 Å². The molecule has 2 rings (SSSR count). The Morgan fingerprint density at radius 2 is 2.00 bits per heavy atom. The van der Waals surface area contributed by atoms with Crippen LogP contribution in [0.5, 0.6) is 0 Å². The van der Waals surface area contributed by atoms with E-state index in [1.54, 1.807) is 0 Å². The van der Waals surface area contributed by atoms with Crippen molar-refractivity contribution in [2.24, 2.45) is 5.41 Å². The first kappa shape index (κ1) is 13.6. The zero-order valence-corrected chi connectivity index (χ0v) is 12.1. The minimum absolute atomic E-state index is 0.558. The van der Waals surface area contributed by atoms with Crippen molar-refractivity contribution >= 4 is 0 Å². The third kappa shape index (κ3) is 3.84. The fourth-order valence-electron chi connectivity index (χ4n) is 3.06. The molecule has 1 aliphatic carbocycles. The van der Waals surface area contributed by atoms with Crippen LogP contribution in [0.2, 0.25) is 0 Å². The van der Waals surface area contributed by atoms with Gasteiger partial charge in [0.2, 0.25) is 0 Å². The highest BCUT2D eigenvalue weighted by Gasteiger charge is 2.30. The molecule has 0 amide bonds. The predicted molar refractivity (Wildman–Crippen MR) is 78.9 cm³/mol. The Morgan fingerprint density at radius 3 is 2.61 bits per heavy atom. The monoisotopic (exact) mass is 245 g/mol. The van der Waals surface area contributed by atoms with Gasteiger partial charge in [-0.25, -0.2) is 0 Å². The summed E-state index contributed by atoms with van der Waals surface area (Å²) in [5, 5.41) is 3.74. The molecule has 1 aromatic carbocycles. The Labute approximate surface area is 112 Å². The lowest BCUT2D eigenvalue weighted by atomic mass is 9.92. The molecule has 2 unspecified atom stereocenters. The average molecular weight is 245 g/mol. The van der Waals surface area contributed by atoms with Gasteiger partial charge in [-0.2, -0.15) is 0 Å². The molecular formula is C17H27N. The third-order valence-electron chi connectivity index (χ3n) is 4.35. The first-order chi connectivity index (χ1) is 8.57. The first-order valence-corrected chi connectivity index (χ1v) is 7.35. The van der Waals surface area contributed by atoms with Gasteiger partial charge in [-0.1, -0.05) is 51.1 Å². The van der Waals surface area contributed by atoms with Crippen LogP contribution in [0.15, 0.2) is 30.3 Å². The van der Waals surface area contributed by atoms with Crippen molar-refractivity contribution in [3.8, 4) is 0 Å². The van der Waals surface area contributed by atoms with E-state index in [4.69, 9.17) is 0 Å². The van der Waals surface area contributed by atoms with Gasteiger partial charge in [0, 0.05) is 6.04 Å². The standard InChI is InChI=1S/C17H27N/c1-14(15-7-5-4-6-8-15)10-12-18-16-9-11-17(2,3)13-16/h4-8,14,16,18H,9-13H2,1-3H3. The summed E-state index contributed by atoms with van der Waals surface area (Å²) in [6.07, 6.45) is 5.30. The number of rotatable bonds is 5. The van der Waals surface area contributed by atoms with Gasteiger partial charge in [-0.3, -0.25) is 0 Å². The summed E-state index contributed by atoms with van der Waals surface area (Å²) in [6, 6.07) is 11.6. The lowest BCUT2D eigenvalue weighted by molar-refractivity contribution is 0.363. The summed E-state index contributed by atoms with van der Waals surface area (Å²) in [7, 11) is 0. The molecule has 1 fully saturated rings. The molecule has 18 heavy (non-hydrogen) atoms. The molecular weight excluding hydrogens is 218 g/mol. The summed E-state index contributed by atoms with van der Waals surface area (Å²) in [5.74, 6) is 0.660. The van der Waals surface area contributed by atoms with Crippen molar-refractivity contribution < 1.29 is 0 Å². The van der Waals surface area contributed by atoms with Gasteiger partial charge >= 0.3 is 0 Å². The summed E-state index contributed by atoms with van der Waals surface area (Å²) in [4.78, 5) is 0. The fourth-order valence-corrected chi connectivity index (χ4v) is 3.06. The van der Waals surface area contributed by atoms with Crippen LogP contribution >= 0.6 is 0 Å². The number of benzene rings is 1. The number of hydrogen-bond acceptors (Lipinski definition) is 1. The van der Waals surface area contributed by atoms with Crippen molar-refractivity contribution in [2.45, 2.75) is 58.4 Å². The minimum Gasteiger partial charge on any atom is -0.314 e. The Morgan fingerprint density at radius 1 is 1.28 bits per heavy atom. The molecule has 0 spiro atoms. The largest absolute Gasteiger partial charge is 0.314 e. The maximum absolute atomic E-state index is 3.74. The summed E-state index contributed by atoms with van der Waals surface area (Å²) in [6.45, 7) is 8.26. The Hall–Kier alpha value is -0.820. The van der Waals surface area contributed by atoms with E-state index in [1.165, 1.54) is 31.2 Å². The second kappa shape index (κ2) is 5.88. The first-order valence-electron chi connectivity index (χ1n) is 7.35. The molecule has 0 bridgehead atoms. The van der Waals surface area contributed by atoms with Gasteiger partial charge in [0.05, 0.1) is 0 Å². The van der Waals surface area contributed by atoms with Crippen molar-refractivity contribution in [2.75, 3.05) is 6.54 Å². The maximum atomic E-state index is 3.74. The average Bonchev–Trinajstić information content (AvgIpc) is 2.70. The van der Waals surface area contributed by atoms with Gasteiger partial charge in [0.25, 0.3) is 0 Å². The van der Waals surface area contributed by atoms with Crippen molar-refractivity contribution in [1.29, 1.82) is 0 Å². The molecule has 1 aliphatic rings. The van der Waals surface area contributed by atoms with E-state index in [9.17, 15) is 0 Å². The molecule has 1 saturated carbocycles. The third-order valence-corrected chi connectivity index (χ3v) is 4.35. The second-order valence-electron chi connectivity index (χ2n) is 6.66. The lowest BCUT2D eigenvalue weighted by Crippen LogP contribution is -2.28. The quantitative estimate of drug-likeness (QED) is 0.813. The van der Waals surface area contributed by atoms with Crippen LogP contribution in [-0.4, -0.2) is 12.6 Å². The molecule has 0 radical (unpaired) electrons. The highest BCUT2D eigenvalue weighted by Crippen LogP contribution is 2.36. The molecule has 0 heterocycles. The van der Waals surface area contributed by atoms with Gasteiger partial charge in [0.15, 0.2) is 0 Å². The molecule has 1 nitrogen and oxygen atoms in total. The van der Waals surface area contributed by atoms with E-state index in [1.807, 2.05) is 0 Å². The second-order valence-corrected chi connectivity index (χ2v) is 6.66. The van der Waals surface area contributed by atoms with Gasteiger partial charge in [-0.05, 0) is 49.1 Å². The van der Waals surface area contributed by atoms with Crippen LogP contribution in [0.4, 0.5) is 0 Å². The maximum Gasteiger partial charge on any atom is 0.00723 e. The smallest absolute Gasteiger partial charge is 0.00723 e. The van der Waals surface area contributed by atoms with E-state index >= 15 is 0 Å². The summed E-state index contributed by atoms with van der Waals surface area (Å²) >= 11 is 0. The zero-order chi connectivity index (χ0) is 13.0. The Kier molecular flexibility index (Phi) is 4.45. The zero-order valence-electron chi connectivity index (χ0n) is 12.1. The van der Waals surface area contributed by atoms with Crippen LogP contribution in [0, 0.1) is 5.41 Å². The Bertz CT molecular complexity index is 355. The molecule has 1 heteroatoms. The highest BCUT2D eigenvalue weighted by molar-refractivity contribution is 5.18. The molecule has 0 aliphatic heterocycles. The van der Waals surface area contributed by atoms with Crippen LogP contribution in [0.3, 0.4) is 0 Å². The van der Waals surface area contributed by atoms with Crippen LogP contribution in [-0.2, 0) is 0 Å². The van der Waals surface area contributed by atoms with E-state index in [0.717, 1.165) is 12.6 Å². The molecule has 0 aromatic heterocycles. The number of hydrogen-bond donors (Lipinski definition) is 1. The molecule has 0 saturated heterocycles. The van der Waals surface area contributed by atoms with Crippen LogP contribution in [0.1, 0.15) is 57.9 Å². The van der Waals surface area contributed by atoms with E-state index in [0.29, 0.717) is 11.3 Å². The van der Waals surface area contributed by atoms with Gasteiger partial charge in [-0.15, -0.1) is 0 Å². The highest BCUT2D eigenvalue weighted by atomic mass is 14.9. The van der Waals surface area contributed by atoms with Gasteiger partial charge in [0.1, 0.15) is 0 Å². The molecule has 1 N–H and O–H groups in total. The van der Waals surface area contributed by atoms with E-state index in [-0.39, 0.29) is 0 Å². The fraction of sp³-hybridized carbons (Fsp3) is 0.647. The molecule has 1 aromatic rings. The van der Waals surface area contributed by atoms with E-state index < -0.39 is 0 Å². The Balaban J connectivity index is 1.70. The minimum atomic E-state index is 0.558. The summed E-state index contributed by atoms with van der Waals surface area (Å²) in [5.41, 5.74) is 2.02. The normalized spacial score (nSPS) is 24.1. The predicted octanol–water partition coefficient (Wildman–Crippen LogP) is 4.35. The van der Waals surface area contributed by atoms with Crippen LogP contribution < -0.4 is 5.32 Å². The van der Waals surface area contributed by atoms with Crippen molar-refractivity contribution in [1.82, 2.24) is 5.32 Å². The lowest BCUT2D eigenvalue weighted by Gasteiger charge is -2.19. The SMILES string of the molecule is CC(CCNC1CCC(C)(C)C1)c1ccccc1. The molecule has 2 atom stereocenters.